The summed E-state index contributed by atoms with van der Waals surface area (Å²) in [6, 6.07) is 5.49. The zero-order valence-corrected chi connectivity index (χ0v) is 18.5. The van der Waals surface area contributed by atoms with Crippen LogP contribution in [0.5, 0.6) is 0 Å². The van der Waals surface area contributed by atoms with Gasteiger partial charge in [-0.05, 0) is 58.4 Å². The number of fused-ring (bicyclic) bond motifs is 2. The van der Waals surface area contributed by atoms with E-state index in [1.54, 1.807) is 27.7 Å². The van der Waals surface area contributed by atoms with E-state index in [1.807, 2.05) is 31.4 Å². The van der Waals surface area contributed by atoms with Crippen molar-refractivity contribution in [2.45, 2.75) is 20.4 Å². The maximum atomic E-state index is 13.5. The molecule has 5 aromatic rings. The average Bonchev–Trinajstić information content (AvgIpc) is 3.24. The number of nitrogen functional groups attached to an aromatic ring is 1. The Labute approximate surface area is 183 Å². The van der Waals surface area contributed by atoms with Gasteiger partial charge in [0.2, 0.25) is 0 Å². The van der Waals surface area contributed by atoms with Gasteiger partial charge in [-0.2, -0.15) is 5.10 Å². The first kappa shape index (κ1) is 18.9. The number of halogens is 1. The molecule has 0 amide bonds. The molecule has 0 aliphatic carbocycles. The Morgan fingerprint density at radius 3 is 2.77 bits per heavy atom. The number of nitrogens with zero attached hydrogens (tertiary/aromatic N) is 6. The van der Waals surface area contributed by atoms with Gasteiger partial charge in [-0.1, -0.05) is 6.07 Å². The minimum absolute atomic E-state index is 0.140. The second kappa shape index (κ2) is 6.99. The van der Waals surface area contributed by atoms with Crippen LogP contribution in [0.3, 0.4) is 0 Å². The van der Waals surface area contributed by atoms with E-state index >= 15 is 0 Å². The minimum atomic E-state index is -0.140. The molecule has 5 rings (SSSR count). The van der Waals surface area contributed by atoms with Crippen molar-refractivity contribution >= 4 is 54.2 Å². The molecule has 2 N–H and O–H groups in total. The average molecular weight is 482 g/mol. The van der Waals surface area contributed by atoms with Crippen molar-refractivity contribution in [1.82, 2.24) is 29.3 Å². The number of aromatic nitrogens is 6. The van der Waals surface area contributed by atoms with Gasteiger partial charge in [-0.3, -0.25) is 4.79 Å². The van der Waals surface area contributed by atoms with Gasteiger partial charge in [-0.25, -0.2) is 24.2 Å². The molecule has 8 nitrogen and oxygen atoms in total. The first-order chi connectivity index (χ1) is 14.5. The lowest BCUT2D eigenvalue weighted by Crippen LogP contribution is -2.26. The van der Waals surface area contributed by atoms with Crippen LogP contribution in [-0.2, 0) is 6.54 Å². The summed E-state index contributed by atoms with van der Waals surface area (Å²) >= 11 is 4.92. The summed E-state index contributed by atoms with van der Waals surface area (Å²) in [6.07, 6.45) is 3.31. The third kappa shape index (κ3) is 2.83. The van der Waals surface area contributed by atoms with E-state index in [2.05, 4.69) is 31.0 Å². The molecular weight excluding hydrogens is 466 g/mol. The monoisotopic (exact) mass is 481 g/mol. The highest BCUT2D eigenvalue weighted by atomic mass is 79.9. The Morgan fingerprint density at radius 2 is 1.97 bits per heavy atom. The van der Waals surface area contributed by atoms with Gasteiger partial charge in [0.15, 0.2) is 5.65 Å². The van der Waals surface area contributed by atoms with Gasteiger partial charge in [0.05, 0.1) is 10.8 Å². The number of aryl methyl sites for hydroxylation is 2. The molecule has 5 aromatic heterocycles. The van der Waals surface area contributed by atoms with Crippen molar-refractivity contribution in [2.75, 3.05) is 5.73 Å². The van der Waals surface area contributed by atoms with Gasteiger partial charge in [-0.15, -0.1) is 11.3 Å². The number of rotatable bonds is 3. The maximum absolute atomic E-state index is 13.5. The largest absolute Gasteiger partial charge is 0.398 e. The molecule has 0 bridgehead atoms. The Kier molecular flexibility index (Phi) is 4.40. The predicted octanol–water partition coefficient (Wildman–Crippen LogP) is 3.60. The molecule has 10 heteroatoms. The molecule has 0 unspecified atom stereocenters. The summed E-state index contributed by atoms with van der Waals surface area (Å²) < 4.78 is 3.86. The quantitative estimate of drug-likeness (QED) is 0.422. The van der Waals surface area contributed by atoms with Gasteiger partial charge in [0, 0.05) is 18.1 Å². The fourth-order valence-electron chi connectivity index (χ4n) is 3.53. The molecule has 0 spiro atoms. The molecule has 0 fully saturated rings. The molecule has 0 aliphatic heterocycles. The van der Waals surface area contributed by atoms with E-state index in [0.717, 1.165) is 16.5 Å². The van der Waals surface area contributed by atoms with Crippen molar-refractivity contribution in [3.63, 3.8) is 0 Å². The van der Waals surface area contributed by atoms with Crippen molar-refractivity contribution < 1.29 is 0 Å². The van der Waals surface area contributed by atoms with Crippen LogP contribution in [0.4, 0.5) is 5.69 Å². The Morgan fingerprint density at radius 1 is 1.13 bits per heavy atom. The standard InChI is InChI=1S/C20H16BrN7OS/c1-10-4-3-6-23-17(10)28-13(25-19-14(20(28)29)11(2)9-30-19)8-27-18-15(16(21)26-27)12(22)5-7-24-18/h3-7,9H,8H2,1-2H3,(H2,22,24). The highest BCUT2D eigenvalue weighted by Crippen LogP contribution is 2.28. The molecule has 0 saturated heterocycles. The molecule has 0 atom stereocenters. The second-order valence-corrected chi connectivity index (χ2v) is 8.57. The number of pyridine rings is 2. The molecular formula is C20H16BrN7OS. The Balaban J connectivity index is 1.80. The third-order valence-electron chi connectivity index (χ3n) is 4.97. The summed E-state index contributed by atoms with van der Waals surface area (Å²) in [6.45, 7) is 4.07. The number of hydrogen-bond acceptors (Lipinski definition) is 7. The van der Waals surface area contributed by atoms with E-state index in [9.17, 15) is 4.79 Å². The zero-order valence-electron chi connectivity index (χ0n) is 16.1. The SMILES string of the molecule is Cc1cccnc1-n1c(Cn2nc(Br)c3c(N)ccnc32)nc2scc(C)c2c1=O. The lowest BCUT2D eigenvalue weighted by molar-refractivity contribution is 0.642. The van der Waals surface area contributed by atoms with E-state index in [4.69, 9.17) is 10.7 Å². The predicted molar refractivity (Wildman–Crippen MR) is 121 cm³/mol. The summed E-state index contributed by atoms with van der Waals surface area (Å²) in [7, 11) is 0. The number of anilines is 1. The highest BCUT2D eigenvalue weighted by Gasteiger charge is 2.20. The van der Waals surface area contributed by atoms with Crippen LogP contribution < -0.4 is 11.3 Å². The molecule has 0 radical (unpaired) electrons. The van der Waals surface area contributed by atoms with Gasteiger partial charge < -0.3 is 5.73 Å². The van der Waals surface area contributed by atoms with Gasteiger partial charge >= 0.3 is 0 Å². The van der Waals surface area contributed by atoms with E-state index in [-0.39, 0.29) is 12.1 Å². The van der Waals surface area contributed by atoms with Crippen LogP contribution in [0.1, 0.15) is 17.0 Å². The van der Waals surface area contributed by atoms with Crippen molar-refractivity contribution in [1.29, 1.82) is 0 Å². The smallest absolute Gasteiger partial charge is 0.268 e. The zero-order chi connectivity index (χ0) is 21.0. The molecule has 0 aliphatic rings. The first-order valence-electron chi connectivity index (χ1n) is 9.14. The first-order valence-corrected chi connectivity index (χ1v) is 10.8. The lowest BCUT2D eigenvalue weighted by Gasteiger charge is -2.14. The van der Waals surface area contributed by atoms with E-state index in [1.165, 1.54) is 11.3 Å². The number of nitrogens with two attached hydrogens (primary N) is 1. The van der Waals surface area contributed by atoms with Crippen LogP contribution in [-0.4, -0.2) is 29.3 Å². The molecule has 30 heavy (non-hydrogen) atoms. The highest BCUT2D eigenvalue weighted by molar-refractivity contribution is 9.10. The summed E-state index contributed by atoms with van der Waals surface area (Å²) in [5.41, 5.74) is 8.94. The van der Waals surface area contributed by atoms with E-state index < -0.39 is 0 Å². The topological polar surface area (TPSA) is 105 Å². The van der Waals surface area contributed by atoms with Crippen LogP contribution in [0.2, 0.25) is 0 Å². The minimum Gasteiger partial charge on any atom is -0.398 e. The fraction of sp³-hybridized carbons (Fsp3) is 0.150. The molecule has 5 heterocycles. The second-order valence-electron chi connectivity index (χ2n) is 6.96. The van der Waals surface area contributed by atoms with Gasteiger partial charge in [0.1, 0.15) is 27.6 Å². The molecule has 150 valence electrons. The van der Waals surface area contributed by atoms with Crippen LogP contribution in [0, 0.1) is 13.8 Å². The van der Waals surface area contributed by atoms with Crippen molar-refractivity contribution in [3.8, 4) is 5.82 Å². The van der Waals surface area contributed by atoms with Crippen LogP contribution >= 0.6 is 27.3 Å². The van der Waals surface area contributed by atoms with Gasteiger partial charge in [0.25, 0.3) is 5.56 Å². The van der Waals surface area contributed by atoms with Crippen molar-refractivity contribution in [3.05, 3.63) is 67.9 Å². The summed E-state index contributed by atoms with van der Waals surface area (Å²) in [4.78, 5) is 27.9. The Bertz CT molecular complexity index is 1500. The summed E-state index contributed by atoms with van der Waals surface area (Å²) in [5.74, 6) is 1.08. The molecule has 0 saturated carbocycles. The fourth-order valence-corrected chi connectivity index (χ4v) is 5.05. The Hall–Kier alpha value is -3.11. The molecule has 0 aromatic carbocycles. The normalized spacial score (nSPS) is 11.6. The lowest BCUT2D eigenvalue weighted by atomic mass is 10.2. The number of thiophene rings is 1. The van der Waals surface area contributed by atoms with Crippen LogP contribution in [0.25, 0.3) is 27.1 Å². The third-order valence-corrected chi connectivity index (χ3v) is 6.51. The maximum Gasteiger partial charge on any atom is 0.268 e. The number of hydrogen-bond donors (Lipinski definition) is 1. The van der Waals surface area contributed by atoms with Crippen LogP contribution in [0.15, 0.2) is 45.4 Å². The van der Waals surface area contributed by atoms with E-state index in [0.29, 0.717) is 37.8 Å². The summed E-state index contributed by atoms with van der Waals surface area (Å²) in [5, 5.41) is 7.83. The van der Waals surface area contributed by atoms with Crippen molar-refractivity contribution in [2.24, 2.45) is 0 Å².